The summed E-state index contributed by atoms with van der Waals surface area (Å²) < 4.78 is 10.0. The fourth-order valence-electron chi connectivity index (χ4n) is 3.63. The maximum Gasteiger partial charge on any atom is 0.309 e. The van der Waals surface area contributed by atoms with Crippen LogP contribution in [0.1, 0.15) is 38.6 Å². The van der Waals surface area contributed by atoms with Gasteiger partial charge in [0.05, 0.1) is 19.2 Å². The number of carbonyl (C=O) groups is 1. The van der Waals surface area contributed by atoms with Crippen molar-refractivity contribution in [3.63, 3.8) is 0 Å². The standard InChI is InChI=1S/C19H25N5O2S/c1-2-26-18(25)14-7-10-22(11-8-14)13-23-19(27)24(16-5-6-16)17(21-23)15-4-3-9-20-12-15/h3-4,9,12,14,16H,2,5-8,10-11,13H2,1H3. The van der Waals surface area contributed by atoms with Crippen molar-refractivity contribution in [3.8, 4) is 11.4 Å². The topological polar surface area (TPSA) is 65.2 Å². The molecule has 4 rings (SSSR count). The molecule has 0 atom stereocenters. The molecule has 0 bridgehead atoms. The average molecular weight is 388 g/mol. The molecule has 8 heteroatoms. The lowest BCUT2D eigenvalue weighted by Gasteiger charge is -2.30. The van der Waals surface area contributed by atoms with Crippen LogP contribution >= 0.6 is 12.2 Å². The van der Waals surface area contributed by atoms with Crippen molar-refractivity contribution in [3.05, 3.63) is 29.3 Å². The Bertz CT molecular complexity index is 851. The van der Waals surface area contributed by atoms with Crippen molar-refractivity contribution in [1.82, 2.24) is 24.2 Å². The fourth-order valence-corrected chi connectivity index (χ4v) is 3.96. The molecule has 1 saturated heterocycles. The van der Waals surface area contributed by atoms with Crippen molar-refractivity contribution in [1.29, 1.82) is 0 Å². The minimum absolute atomic E-state index is 0.0177. The molecule has 0 aromatic carbocycles. The molecule has 0 unspecified atom stereocenters. The lowest BCUT2D eigenvalue weighted by molar-refractivity contribution is -0.149. The van der Waals surface area contributed by atoms with E-state index < -0.39 is 0 Å². The quantitative estimate of drug-likeness (QED) is 0.561. The van der Waals surface area contributed by atoms with E-state index in [0.717, 1.165) is 54.9 Å². The number of likely N-dealkylation sites (tertiary alicyclic amines) is 1. The number of ether oxygens (including phenoxy) is 1. The first-order valence-electron chi connectivity index (χ1n) is 9.66. The predicted octanol–water partition coefficient (Wildman–Crippen LogP) is 3.04. The van der Waals surface area contributed by atoms with Crippen LogP contribution in [-0.2, 0) is 16.2 Å². The minimum Gasteiger partial charge on any atom is -0.466 e. The van der Waals surface area contributed by atoms with Gasteiger partial charge in [-0.1, -0.05) is 0 Å². The third kappa shape index (κ3) is 3.96. The van der Waals surface area contributed by atoms with Crippen molar-refractivity contribution in [2.45, 2.75) is 45.3 Å². The highest BCUT2D eigenvalue weighted by Crippen LogP contribution is 2.38. The summed E-state index contributed by atoms with van der Waals surface area (Å²) in [7, 11) is 0. The molecule has 7 nitrogen and oxygen atoms in total. The van der Waals surface area contributed by atoms with E-state index in [2.05, 4.69) is 14.5 Å². The molecule has 2 aliphatic rings. The van der Waals surface area contributed by atoms with E-state index in [0.29, 0.717) is 19.3 Å². The number of pyridine rings is 1. The van der Waals surface area contributed by atoms with Crippen LogP contribution in [0.25, 0.3) is 11.4 Å². The number of aromatic nitrogens is 4. The molecule has 144 valence electrons. The van der Waals surface area contributed by atoms with Crippen molar-refractivity contribution >= 4 is 18.2 Å². The maximum absolute atomic E-state index is 11.9. The first-order valence-corrected chi connectivity index (χ1v) is 10.1. The molecular weight excluding hydrogens is 362 g/mol. The second-order valence-corrected chi connectivity index (χ2v) is 7.60. The summed E-state index contributed by atoms with van der Waals surface area (Å²) in [6.45, 7) is 4.66. The Hall–Kier alpha value is -2.06. The van der Waals surface area contributed by atoms with Crippen LogP contribution in [0.4, 0.5) is 0 Å². The van der Waals surface area contributed by atoms with Crippen LogP contribution in [0.5, 0.6) is 0 Å². The number of nitrogens with zero attached hydrogens (tertiary/aromatic N) is 5. The largest absolute Gasteiger partial charge is 0.466 e. The minimum atomic E-state index is -0.0642. The van der Waals surface area contributed by atoms with E-state index in [9.17, 15) is 4.79 Å². The highest BCUT2D eigenvalue weighted by Gasteiger charge is 2.30. The Kier molecular flexibility index (Phi) is 5.36. The Morgan fingerprint density at radius 2 is 2.07 bits per heavy atom. The van der Waals surface area contributed by atoms with Gasteiger partial charge in [-0.05, 0) is 57.0 Å². The molecule has 1 saturated carbocycles. The molecular formula is C19H25N5O2S. The lowest BCUT2D eigenvalue weighted by atomic mass is 9.97. The molecule has 0 spiro atoms. The average Bonchev–Trinajstić information content (AvgIpc) is 3.48. The summed E-state index contributed by atoms with van der Waals surface area (Å²) in [6, 6.07) is 4.41. The zero-order valence-electron chi connectivity index (χ0n) is 15.6. The molecule has 0 N–H and O–H groups in total. The van der Waals surface area contributed by atoms with E-state index in [-0.39, 0.29) is 11.9 Å². The van der Waals surface area contributed by atoms with Gasteiger partial charge in [-0.15, -0.1) is 0 Å². The summed E-state index contributed by atoms with van der Waals surface area (Å²) >= 11 is 5.74. The zero-order valence-corrected chi connectivity index (χ0v) is 16.4. The number of rotatable bonds is 6. The molecule has 27 heavy (non-hydrogen) atoms. The number of hydrogen-bond acceptors (Lipinski definition) is 6. The molecule has 0 amide bonds. The molecule has 0 radical (unpaired) electrons. The van der Waals surface area contributed by atoms with Gasteiger partial charge in [0.15, 0.2) is 10.6 Å². The van der Waals surface area contributed by atoms with Crippen molar-refractivity contribution in [2.75, 3.05) is 19.7 Å². The Labute approximate surface area is 164 Å². The van der Waals surface area contributed by atoms with Crippen LogP contribution in [0.3, 0.4) is 0 Å². The molecule has 2 aromatic rings. The second-order valence-electron chi connectivity index (χ2n) is 7.23. The van der Waals surface area contributed by atoms with Crippen LogP contribution in [-0.4, -0.2) is 49.9 Å². The summed E-state index contributed by atoms with van der Waals surface area (Å²) in [5, 5.41) is 4.82. The van der Waals surface area contributed by atoms with Gasteiger partial charge in [0.1, 0.15) is 0 Å². The van der Waals surface area contributed by atoms with Gasteiger partial charge in [0.25, 0.3) is 0 Å². The summed E-state index contributed by atoms with van der Waals surface area (Å²) in [4.78, 5) is 18.5. The van der Waals surface area contributed by atoms with Crippen LogP contribution in [0, 0.1) is 10.7 Å². The molecule has 1 aliphatic carbocycles. The van der Waals surface area contributed by atoms with E-state index in [1.807, 2.05) is 29.9 Å². The molecule has 2 aromatic heterocycles. The highest BCUT2D eigenvalue weighted by molar-refractivity contribution is 7.71. The third-order valence-corrected chi connectivity index (χ3v) is 5.65. The SMILES string of the molecule is CCOC(=O)C1CCN(Cn2nc(-c3cccnc3)n(C3CC3)c2=S)CC1. The molecule has 1 aliphatic heterocycles. The van der Waals surface area contributed by atoms with E-state index in [4.69, 9.17) is 22.1 Å². The summed E-state index contributed by atoms with van der Waals surface area (Å²) in [5.74, 6) is 0.854. The van der Waals surface area contributed by atoms with E-state index in [1.54, 1.807) is 6.20 Å². The zero-order chi connectivity index (χ0) is 18.8. The Morgan fingerprint density at radius 1 is 1.30 bits per heavy atom. The van der Waals surface area contributed by atoms with Crippen LogP contribution < -0.4 is 0 Å². The number of piperidine rings is 1. The van der Waals surface area contributed by atoms with Gasteiger partial charge < -0.3 is 4.74 Å². The fraction of sp³-hybridized carbons (Fsp3) is 0.579. The highest BCUT2D eigenvalue weighted by atomic mass is 32.1. The first-order chi connectivity index (χ1) is 13.2. The maximum atomic E-state index is 11.9. The van der Waals surface area contributed by atoms with Crippen LogP contribution in [0.15, 0.2) is 24.5 Å². The predicted molar refractivity (Wildman–Crippen MR) is 103 cm³/mol. The van der Waals surface area contributed by atoms with E-state index >= 15 is 0 Å². The lowest BCUT2D eigenvalue weighted by Crippen LogP contribution is -2.38. The van der Waals surface area contributed by atoms with Gasteiger partial charge in [0.2, 0.25) is 0 Å². The van der Waals surface area contributed by atoms with Crippen LogP contribution in [0.2, 0.25) is 0 Å². The normalized spacial score (nSPS) is 18.6. The van der Waals surface area contributed by atoms with Gasteiger partial charge in [0, 0.05) is 37.1 Å². The molecule has 2 fully saturated rings. The second kappa shape index (κ2) is 7.90. The van der Waals surface area contributed by atoms with Crippen molar-refractivity contribution in [2.24, 2.45) is 5.92 Å². The first kappa shape index (κ1) is 18.3. The summed E-state index contributed by atoms with van der Waals surface area (Å²) in [5.41, 5.74) is 0.996. The number of hydrogen-bond donors (Lipinski definition) is 0. The van der Waals surface area contributed by atoms with Gasteiger partial charge in [-0.2, -0.15) is 5.10 Å². The Morgan fingerprint density at radius 3 is 2.70 bits per heavy atom. The smallest absolute Gasteiger partial charge is 0.309 e. The number of esters is 1. The third-order valence-electron chi connectivity index (χ3n) is 5.24. The van der Waals surface area contributed by atoms with Gasteiger partial charge in [-0.3, -0.25) is 19.2 Å². The summed E-state index contributed by atoms with van der Waals surface area (Å²) in [6.07, 6.45) is 7.56. The molecule has 3 heterocycles. The Balaban J connectivity index is 1.49. The van der Waals surface area contributed by atoms with Crippen molar-refractivity contribution < 1.29 is 9.53 Å². The van der Waals surface area contributed by atoms with Gasteiger partial charge >= 0.3 is 5.97 Å². The van der Waals surface area contributed by atoms with E-state index in [1.165, 1.54) is 0 Å². The van der Waals surface area contributed by atoms with Gasteiger partial charge in [-0.25, -0.2) is 4.68 Å². The number of carbonyl (C=O) groups excluding carboxylic acids is 1. The monoisotopic (exact) mass is 387 g/mol.